The van der Waals surface area contributed by atoms with Crippen molar-refractivity contribution >= 4 is 38.0 Å². The molecule has 3 nitrogen and oxygen atoms in total. The van der Waals surface area contributed by atoms with Gasteiger partial charge < -0.3 is 4.74 Å². The van der Waals surface area contributed by atoms with Crippen molar-refractivity contribution in [1.29, 1.82) is 0 Å². The van der Waals surface area contributed by atoms with E-state index >= 15 is 0 Å². The van der Waals surface area contributed by atoms with Gasteiger partial charge in [-0.05, 0) is 18.1 Å². The van der Waals surface area contributed by atoms with E-state index in [2.05, 4.69) is 44.0 Å². The van der Waals surface area contributed by atoms with Gasteiger partial charge in [-0.25, -0.2) is 4.79 Å². The number of amides is 1. The van der Waals surface area contributed by atoms with Crippen LogP contribution >= 0.6 is 31.9 Å². The molecule has 0 saturated carbocycles. The van der Waals surface area contributed by atoms with Gasteiger partial charge in [-0.1, -0.05) is 56.1 Å². The molecule has 3 rings (SSSR count). The molecule has 4 atom stereocenters. The Labute approximate surface area is 123 Å². The number of ether oxygens (including phenoxy) is 1. The Morgan fingerprint density at radius 1 is 1.22 bits per heavy atom. The van der Waals surface area contributed by atoms with Crippen LogP contribution in [0.1, 0.15) is 30.1 Å². The second kappa shape index (κ2) is 4.53. The average Bonchev–Trinajstić information content (AvgIpc) is 2.83. The van der Waals surface area contributed by atoms with Crippen LogP contribution in [0.15, 0.2) is 24.3 Å². The summed E-state index contributed by atoms with van der Waals surface area (Å²) in [7, 11) is 0. The minimum absolute atomic E-state index is 0.0645. The van der Waals surface area contributed by atoms with E-state index in [1.54, 1.807) is 0 Å². The van der Waals surface area contributed by atoms with Gasteiger partial charge in [0, 0.05) is 0 Å². The third kappa shape index (κ3) is 1.56. The molecule has 1 amide bonds. The summed E-state index contributed by atoms with van der Waals surface area (Å²) in [5.41, 5.74) is 2.46. The molecule has 0 N–H and O–H groups in total. The number of carbonyl (C=O) groups excluding carboxylic acids is 1. The van der Waals surface area contributed by atoms with Crippen molar-refractivity contribution in [1.82, 2.24) is 4.90 Å². The van der Waals surface area contributed by atoms with E-state index in [9.17, 15) is 4.79 Å². The molecule has 18 heavy (non-hydrogen) atoms. The van der Waals surface area contributed by atoms with Crippen LogP contribution in [0.25, 0.3) is 0 Å². The smallest absolute Gasteiger partial charge is 0.410 e. The van der Waals surface area contributed by atoms with Crippen LogP contribution in [0.4, 0.5) is 4.79 Å². The van der Waals surface area contributed by atoms with E-state index in [1.807, 2.05) is 24.0 Å². The molecule has 5 heteroatoms. The molecular formula is C13H13Br2NO2. The van der Waals surface area contributed by atoms with E-state index in [1.165, 1.54) is 11.1 Å². The number of alkyl halides is 2. The molecule has 0 aromatic heterocycles. The number of hydrogen-bond donors (Lipinski definition) is 0. The molecule has 0 aliphatic carbocycles. The minimum atomic E-state index is -0.227. The van der Waals surface area contributed by atoms with Crippen LogP contribution in [-0.2, 0) is 4.74 Å². The molecule has 2 heterocycles. The van der Waals surface area contributed by atoms with Gasteiger partial charge in [-0.2, -0.15) is 0 Å². The van der Waals surface area contributed by atoms with Gasteiger partial charge in [-0.15, -0.1) is 0 Å². The van der Waals surface area contributed by atoms with Gasteiger partial charge in [0.25, 0.3) is 0 Å². The van der Waals surface area contributed by atoms with Gasteiger partial charge in [0.15, 0.2) is 0 Å². The maximum atomic E-state index is 12.1. The molecule has 0 unspecified atom stereocenters. The molecule has 2 aliphatic heterocycles. The SMILES string of the molecule is CCOC(=O)N1[C@@H]2c3ccccc3[C@H]1[C@H](Br)[C@@H]2Br. The Morgan fingerprint density at radius 3 is 2.17 bits per heavy atom. The standard InChI is InChI=1S/C13H13Br2NO2/c1-2-18-13(17)16-11-7-5-3-4-6-8(7)12(16)10(15)9(11)14/h3-6,9-12H,2H2,1H3/t9-,10+,11+,12-. The Bertz CT molecular complexity index is 459. The van der Waals surface area contributed by atoms with E-state index in [0.29, 0.717) is 6.61 Å². The van der Waals surface area contributed by atoms with E-state index in [-0.39, 0.29) is 27.8 Å². The summed E-state index contributed by atoms with van der Waals surface area (Å²) in [5.74, 6) is 0. The quantitative estimate of drug-likeness (QED) is 0.700. The number of fused-ring (bicyclic) bond motifs is 5. The van der Waals surface area contributed by atoms with Crippen LogP contribution < -0.4 is 0 Å². The molecule has 1 aromatic rings. The van der Waals surface area contributed by atoms with E-state index < -0.39 is 0 Å². The van der Waals surface area contributed by atoms with Crippen molar-refractivity contribution in [2.75, 3.05) is 6.61 Å². The van der Waals surface area contributed by atoms with E-state index in [4.69, 9.17) is 4.74 Å². The number of rotatable bonds is 1. The Hall–Kier alpha value is -0.550. The first kappa shape index (κ1) is 12.5. The molecule has 96 valence electrons. The van der Waals surface area contributed by atoms with Crippen molar-refractivity contribution in [3.8, 4) is 0 Å². The summed E-state index contributed by atoms with van der Waals surface area (Å²) < 4.78 is 5.18. The Morgan fingerprint density at radius 2 is 1.72 bits per heavy atom. The summed E-state index contributed by atoms with van der Waals surface area (Å²) in [5, 5.41) is 0. The van der Waals surface area contributed by atoms with Gasteiger partial charge in [0.05, 0.1) is 28.3 Å². The number of nitrogens with zero attached hydrogens (tertiary/aromatic N) is 1. The number of halogens is 2. The largest absolute Gasteiger partial charge is 0.450 e. The molecular weight excluding hydrogens is 362 g/mol. The van der Waals surface area contributed by atoms with Crippen LogP contribution in [0, 0.1) is 0 Å². The predicted octanol–water partition coefficient (Wildman–Crippen LogP) is 3.78. The second-order valence-corrected chi connectivity index (χ2v) is 6.63. The van der Waals surface area contributed by atoms with E-state index in [0.717, 1.165) is 0 Å². The van der Waals surface area contributed by atoms with Gasteiger partial charge in [0.2, 0.25) is 0 Å². The number of carbonyl (C=O) groups is 1. The summed E-state index contributed by atoms with van der Waals surface area (Å²) >= 11 is 7.39. The lowest BCUT2D eigenvalue weighted by Crippen LogP contribution is -2.30. The Kier molecular flexibility index (Phi) is 3.14. The third-order valence-electron chi connectivity index (χ3n) is 3.62. The Balaban J connectivity index is 2.04. The fourth-order valence-electron chi connectivity index (χ4n) is 2.95. The zero-order valence-corrected chi connectivity index (χ0v) is 13.0. The first-order chi connectivity index (χ1) is 8.66. The highest BCUT2D eigenvalue weighted by Crippen LogP contribution is 2.58. The van der Waals surface area contributed by atoms with Crippen LogP contribution in [0.2, 0.25) is 0 Å². The maximum Gasteiger partial charge on any atom is 0.410 e. The summed E-state index contributed by atoms with van der Waals surface area (Å²) in [6.45, 7) is 2.24. The van der Waals surface area contributed by atoms with Crippen molar-refractivity contribution in [2.24, 2.45) is 0 Å². The molecule has 0 spiro atoms. The van der Waals surface area contributed by atoms with Crippen molar-refractivity contribution in [3.63, 3.8) is 0 Å². The molecule has 1 aromatic carbocycles. The molecule has 2 bridgehead atoms. The normalized spacial score (nSPS) is 32.5. The highest BCUT2D eigenvalue weighted by molar-refractivity contribution is 9.12. The molecule has 1 fully saturated rings. The second-order valence-electron chi connectivity index (χ2n) is 4.51. The summed E-state index contributed by atoms with van der Waals surface area (Å²) in [6.07, 6.45) is -0.227. The lowest BCUT2D eigenvalue weighted by atomic mass is 9.92. The zero-order chi connectivity index (χ0) is 12.9. The fraction of sp³-hybridized carbons (Fsp3) is 0.462. The maximum absolute atomic E-state index is 12.1. The third-order valence-corrected chi connectivity index (χ3v) is 6.47. The number of hydrogen-bond acceptors (Lipinski definition) is 2. The zero-order valence-electron chi connectivity index (χ0n) is 9.85. The molecule has 1 saturated heterocycles. The lowest BCUT2D eigenvalue weighted by molar-refractivity contribution is 0.0952. The van der Waals surface area contributed by atoms with Crippen molar-refractivity contribution in [2.45, 2.75) is 28.7 Å². The fourth-order valence-corrected chi connectivity index (χ4v) is 4.60. The van der Waals surface area contributed by atoms with Gasteiger partial charge in [-0.3, -0.25) is 4.90 Å². The van der Waals surface area contributed by atoms with Gasteiger partial charge >= 0.3 is 6.09 Å². The molecule has 2 aliphatic rings. The highest BCUT2D eigenvalue weighted by atomic mass is 79.9. The minimum Gasteiger partial charge on any atom is -0.450 e. The van der Waals surface area contributed by atoms with Crippen LogP contribution in [0.5, 0.6) is 0 Å². The van der Waals surface area contributed by atoms with Crippen molar-refractivity contribution in [3.05, 3.63) is 35.4 Å². The summed E-state index contributed by atoms with van der Waals surface area (Å²) in [6, 6.07) is 8.36. The average molecular weight is 375 g/mol. The monoisotopic (exact) mass is 373 g/mol. The highest BCUT2D eigenvalue weighted by Gasteiger charge is 2.56. The topological polar surface area (TPSA) is 29.5 Å². The number of benzene rings is 1. The van der Waals surface area contributed by atoms with Crippen LogP contribution in [-0.4, -0.2) is 27.3 Å². The van der Waals surface area contributed by atoms with Gasteiger partial charge in [0.1, 0.15) is 0 Å². The lowest BCUT2D eigenvalue weighted by Gasteiger charge is -2.21. The first-order valence-electron chi connectivity index (χ1n) is 5.99. The predicted molar refractivity (Wildman–Crippen MR) is 76.2 cm³/mol. The van der Waals surface area contributed by atoms with Crippen LogP contribution in [0.3, 0.4) is 0 Å². The first-order valence-corrected chi connectivity index (χ1v) is 7.82. The van der Waals surface area contributed by atoms with Crippen molar-refractivity contribution < 1.29 is 9.53 Å². The molecule has 0 radical (unpaired) electrons. The summed E-state index contributed by atoms with van der Waals surface area (Å²) in [4.78, 5) is 14.4.